The van der Waals surface area contributed by atoms with Crippen LogP contribution in [0.25, 0.3) is 0 Å². The third kappa shape index (κ3) is 30.0. The Kier molecular flexibility index (Phi) is 33.4. The number of hydrogen-bond acceptors (Lipinski definition) is 5. The van der Waals surface area contributed by atoms with Crippen LogP contribution in [0.5, 0.6) is 0 Å². The van der Waals surface area contributed by atoms with Crippen molar-refractivity contribution in [3.05, 3.63) is 47.5 Å². The first-order chi connectivity index (χ1) is 16.9. The van der Waals surface area contributed by atoms with Crippen molar-refractivity contribution < 1.29 is 9.59 Å². The maximum absolute atomic E-state index is 10.5. The SMILES string of the molecule is C/C(=C\CN(C)C)CN.CC(C)c1ccccc1.CCC.CCC(C)(C)C(C=O)NC=O.CCNC. The van der Waals surface area contributed by atoms with Gasteiger partial charge in [-0.05, 0) is 57.9 Å². The lowest BCUT2D eigenvalue weighted by Crippen LogP contribution is -2.42. The number of carbonyl (C=O) groups is 2. The summed E-state index contributed by atoms with van der Waals surface area (Å²) in [7, 11) is 6.01. The summed E-state index contributed by atoms with van der Waals surface area (Å²) in [6, 6.07) is 10.1. The minimum Gasteiger partial charge on any atom is -0.349 e. The summed E-state index contributed by atoms with van der Waals surface area (Å²) in [5.41, 5.74) is 7.89. The van der Waals surface area contributed by atoms with E-state index in [-0.39, 0.29) is 11.5 Å². The monoisotopic (exact) mass is 508 g/mol. The summed E-state index contributed by atoms with van der Waals surface area (Å²) in [6.45, 7) is 21.4. The average molecular weight is 509 g/mol. The van der Waals surface area contributed by atoms with E-state index in [2.05, 4.69) is 80.5 Å². The van der Waals surface area contributed by atoms with Crippen LogP contribution in [0.3, 0.4) is 0 Å². The minimum absolute atomic E-state index is 0.150. The lowest BCUT2D eigenvalue weighted by Gasteiger charge is -2.28. The standard InChI is InChI=1S/C9H12.C8H15NO2.C7H16N2.C3H9N.C3H8/c1-8(2)9-6-4-3-5-7-9;1-4-8(2,3)7(5-10)9-6-11;1-7(6-8)4-5-9(2)3;1-3-4-2;1-3-2/h3-8H,1-2H3;5-7H,4H2,1-3H3,(H,9,11);4H,5-6,8H2,1-3H3;4H,3H2,1-2H3;3H2,1-2H3/b;;7-4+;;. The molecule has 1 aromatic carbocycles. The number of rotatable bonds is 10. The van der Waals surface area contributed by atoms with E-state index in [1.807, 2.05) is 54.9 Å². The number of amides is 1. The molecule has 0 aromatic heterocycles. The van der Waals surface area contributed by atoms with Gasteiger partial charge in [-0.15, -0.1) is 0 Å². The number of nitrogens with one attached hydrogen (secondary N) is 2. The zero-order valence-corrected chi connectivity index (χ0v) is 25.7. The highest BCUT2D eigenvalue weighted by molar-refractivity contribution is 5.64. The van der Waals surface area contributed by atoms with E-state index in [0.717, 1.165) is 25.8 Å². The molecule has 0 saturated heterocycles. The number of nitrogens with two attached hydrogens (primary N) is 1. The lowest BCUT2D eigenvalue weighted by atomic mass is 9.83. The fraction of sp³-hybridized carbons (Fsp3) is 0.667. The van der Waals surface area contributed by atoms with Crippen molar-refractivity contribution in [2.75, 3.05) is 40.8 Å². The third-order valence-electron chi connectivity index (χ3n) is 5.08. The number of likely N-dealkylation sites (N-methyl/N-ethyl adjacent to an activating group) is 1. The Labute approximate surface area is 224 Å². The van der Waals surface area contributed by atoms with Crippen LogP contribution in [0.1, 0.15) is 86.6 Å². The molecule has 36 heavy (non-hydrogen) atoms. The van der Waals surface area contributed by atoms with Crippen molar-refractivity contribution in [3.8, 4) is 0 Å². The van der Waals surface area contributed by atoms with Gasteiger partial charge in [-0.3, -0.25) is 4.79 Å². The Bertz CT molecular complexity index is 613. The molecule has 0 aliphatic rings. The molecule has 4 N–H and O–H groups in total. The molecule has 0 bridgehead atoms. The van der Waals surface area contributed by atoms with Gasteiger partial charge in [0.05, 0.1) is 6.04 Å². The van der Waals surface area contributed by atoms with E-state index < -0.39 is 0 Å². The Morgan fingerprint density at radius 2 is 1.53 bits per heavy atom. The van der Waals surface area contributed by atoms with Gasteiger partial charge < -0.3 is 26.1 Å². The summed E-state index contributed by atoms with van der Waals surface area (Å²) in [4.78, 5) is 22.7. The first-order valence-electron chi connectivity index (χ1n) is 13.2. The van der Waals surface area contributed by atoms with Crippen molar-refractivity contribution in [3.63, 3.8) is 0 Å². The molecule has 0 aliphatic carbocycles. The molecule has 1 atom stereocenters. The first kappa shape index (κ1) is 41.1. The normalized spacial score (nSPS) is 11.2. The Morgan fingerprint density at radius 1 is 1.06 bits per heavy atom. The highest BCUT2D eigenvalue weighted by Crippen LogP contribution is 2.23. The molecule has 1 unspecified atom stereocenters. The highest BCUT2D eigenvalue weighted by Gasteiger charge is 2.26. The molecule has 0 aliphatic heterocycles. The second kappa shape index (κ2) is 29.2. The topological polar surface area (TPSA) is 87.5 Å². The molecule has 6 heteroatoms. The summed E-state index contributed by atoms with van der Waals surface area (Å²) >= 11 is 0. The first-order valence-corrected chi connectivity index (χ1v) is 13.2. The van der Waals surface area contributed by atoms with Crippen LogP contribution in [0.4, 0.5) is 0 Å². The second-order valence-electron chi connectivity index (χ2n) is 9.74. The molecule has 0 spiro atoms. The van der Waals surface area contributed by atoms with Gasteiger partial charge in [0.15, 0.2) is 0 Å². The minimum atomic E-state index is -0.370. The van der Waals surface area contributed by atoms with E-state index in [9.17, 15) is 9.59 Å². The van der Waals surface area contributed by atoms with Crippen molar-refractivity contribution in [1.82, 2.24) is 15.5 Å². The van der Waals surface area contributed by atoms with E-state index in [1.165, 1.54) is 17.6 Å². The molecular formula is C30H60N4O2. The molecule has 212 valence electrons. The molecule has 1 aromatic rings. The van der Waals surface area contributed by atoms with Gasteiger partial charge in [0.2, 0.25) is 6.41 Å². The van der Waals surface area contributed by atoms with E-state index >= 15 is 0 Å². The van der Waals surface area contributed by atoms with Gasteiger partial charge in [-0.25, -0.2) is 0 Å². The van der Waals surface area contributed by atoms with Gasteiger partial charge in [-0.2, -0.15) is 0 Å². The number of hydrogen-bond donors (Lipinski definition) is 3. The van der Waals surface area contributed by atoms with Crippen molar-refractivity contribution in [2.24, 2.45) is 11.1 Å². The van der Waals surface area contributed by atoms with E-state index in [1.54, 1.807) is 0 Å². The summed E-state index contributed by atoms with van der Waals surface area (Å²) < 4.78 is 0. The molecule has 0 heterocycles. The van der Waals surface area contributed by atoms with Crippen LogP contribution in [0.15, 0.2) is 42.0 Å². The van der Waals surface area contributed by atoms with Crippen LogP contribution in [0, 0.1) is 5.41 Å². The van der Waals surface area contributed by atoms with Crippen molar-refractivity contribution in [2.45, 2.75) is 87.1 Å². The maximum Gasteiger partial charge on any atom is 0.207 e. The van der Waals surface area contributed by atoms with Crippen LogP contribution in [-0.4, -0.2) is 64.4 Å². The Morgan fingerprint density at radius 3 is 1.78 bits per heavy atom. The molecule has 0 fully saturated rings. The summed E-state index contributed by atoms with van der Waals surface area (Å²) in [5, 5.41) is 5.41. The van der Waals surface area contributed by atoms with E-state index in [0.29, 0.717) is 18.9 Å². The zero-order chi connectivity index (χ0) is 29.0. The van der Waals surface area contributed by atoms with Gasteiger partial charge in [0.1, 0.15) is 6.29 Å². The van der Waals surface area contributed by atoms with Crippen LogP contribution >= 0.6 is 0 Å². The van der Waals surface area contributed by atoms with E-state index in [4.69, 9.17) is 5.73 Å². The van der Waals surface area contributed by atoms with Gasteiger partial charge >= 0.3 is 0 Å². The van der Waals surface area contributed by atoms with Gasteiger partial charge in [0, 0.05) is 13.1 Å². The fourth-order valence-corrected chi connectivity index (χ4v) is 2.00. The van der Waals surface area contributed by atoms with Gasteiger partial charge in [0.25, 0.3) is 0 Å². The maximum atomic E-state index is 10.5. The van der Waals surface area contributed by atoms with Crippen LogP contribution in [-0.2, 0) is 9.59 Å². The predicted octanol–water partition coefficient (Wildman–Crippen LogP) is 5.64. The molecule has 1 amide bonds. The second-order valence-corrected chi connectivity index (χ2v) is 9.74. The van der Waals surface area contributed by atoms with Crippen molar-refractivity contribution >= 4 is 12.7 Å². The zero-order valence-electron chi connectivity index (χ0n) is 25.7. The van der Waals surface area contributed by atoms with Crippen LogP contribution in [0.2, 0.25) is 0 Å². The third-order valence-corrected chi connectivity index (χ3v) is 5.08. The molecule has 0 radical (unpaired) electrons. The number of benzene rings is 1. The van der Waals surface area contributed by atoms with Crippen LogP contribution < -0.4 is 16.4 Å². The Balaban J connectivity index is -0.000000189. The average Bonchev–Trinajstić information content (AvgIpc) is 2.87. The molecular weight excluding hydrogens is 448 g/mol. The quantitative estimate of drug-likeness (QED) is 0.281. The molecule has 6 nitrogen and oxygen atoms in total. The number of nitrogens with zero attached hydrogens (tertiary/aromatic N) is 1. The van der Waals surface area contributed by atoms with Crippen molar-refractivity contribution in [1.29, 1.82) is 0 Å². The van der Waals surface area contributed by atoms with Gasteiger partial charge in [-0.1, -0.05) is 104 Å². The number of carbonyl (C=O) groups excluding carboxylic acids is 2. The smallest absolute Gasteiger partial charge is 0.207 e. The largest absolute Gasteiger partial charge is 0.349 e. The Hall–Kier alpha value is -2.02. The lowest BCUT2D eigenvalue weighted by molar-refractivity contribution is -0.117. The number of aldehydes is 1. The summed E-state index contributed by atoms with van der Waals surface area (Å²) in [6.07, 6.45) is 5.59. The highest BCUT2D eigenvalue weighted by atomic mass is 16.1. The molecule has 1 rings (SSSR count). The fourth-order valence-electron chi connectivity index (χ4n) is 2.00. The summed E-state index contributed by atoms with van der Waals surface area (Å²) in [5.74, 6) is 0.659. The predicted molar refractivity (Wildman–Crippen MR) is 161 cm³/mol. The molecule has 0 saturated carbocycles.